The molecule has 0 spiro atoms. The summed E-state index contributed by atoms with van der Waals surface area (Å²) in [6, 6.07) is 4.71. The highest BCUT2D eigenvalue weighted by Crippen LogP contribution is 2.32. The van der Waals surface area contributed by atoms with Gasteiger partial charge in [0.1, 0.15) is 0 Å². The number of benzene rings is 1. The summed E-state index contributed by atoms with van der Waals surface area (Å²) in [7, 11) is -0.686. The first-order valence-electron chi connectivity index (χ1n) is 11.2. The molecule has 2 aliphatic heterocycles. The molecule has 1 aromatic rings. The Morgan fingerprint density at radius 1 is 1.03 bits per heavy atom. The molecule has 1 amide bonds. The number of carbonyl (C=O) groups excluding carboxylic acids is 1. The average Bonchev–Trinajstić information content (AvgIpc) is 2.70. The Balaban J connectivity index is 1.61. The number of rotatable bonds is 6. The zero-order valence-electron chi connectivity index (χ0n) is 20.0. The lowest BCUT2D eigenvalue weighted by molar-refractivity contribution is -0.127. The van der Waals surface area contributed by atoms with Gasteiger partial charge in [-0.25, -0.2) is 8.42 Å². The van der Waals surface area contributed by atoms with Crippen molar-refractivity contribution in [1.82, 2.24) is 14.9 Å². The van der Waals surface area contributed by atoms with Crippen molar-refractivity contribution < 1.29 is 22.7 Å². The van der Waals surface area contributed by atoms with E-state index in [0.717, 1.165) is 12.8 Å². The van der Waals surface area contributed by atoms with Crippen LogP contribution >= 0.6 is 0 Å². The maximum Gasteiger partial charge on any atom is 0.243 e. The van der Waals surface area contributed by atoms with Gasteiger partial charge >= 0.3 is 0 Å². The Morgan fingerprint density at radius 2 is 1.59 bits per heavy atom. The minimum absolute atomic E-state index is 0.0339. The molecule has 1 aromatic carbocycles. The Morgan fingerprint density at radius 3 is 2.12 bits per heavy atom. The molecule has 9 heteroatoms. The quantitative estimate of drug-likeness (QED) is 0.667. The molecule has 2 saturated heterocycles. The molecule has 2 heterocycles. The summed E-state index contributed by atoms with van der Waals surface area (Å²) in [5, 5.41) is 6.86. The van der Waals surface area contributed by atoms with Crippen LogP contribution in [-0.2, 0) is 14.8 Å². The van der Waals surface area contributed by atoms with Gasteiger partial charge in [-0.1, -0.05) is 0 Å². The largest absolute Gasteiger partial charge is 0.493 e. The first-order valence-corrected chi connectivity index (χ1v) is 12.6. The Labute approximate surface area is 192 Å². The molecule has 0 aliphatic carbocycles. The number of piperidine rings is 2. The summed E-state index contributed by atoms with van der Waals surface area (Å²) in [5.41, 5.74) is -0.0902. The van der Waals surface area contributed by atoms with Gasteiger partial charge in [0.15, 0.2) is 11.5 Å². The van der Waals surface area contributed by atoms with Crippen LogP contribution in [0.1, 0.15) is 53.4 Å². The van der Waals surface area contributed by atoms with Crippen LogP contribution in [0.5, 0.6) is 11.5 Å². The van der Waals surface area contributed by atoms with Crippen molar-refractivity contribution >= 4 is 15.9 Å². The van der Waals surface area contributed by atoms with Crippen LogP contribution in [0.25, 0.3) is 0 Å². The molecule has 2 fully saturated rings. The molecule has 32 heavy (non-hydrogen) atoms. The van der Waals surface area contributed by atoms with E-state index in [1.54, 1.807) is 6.07 Å². The number of ether oxygens (including phenoxy) is 2. The van der Waals surface area contributed by atoms with Crippen molar-refractivity contribution in [3.63, 3.8) is 0 Å². The maximum absolute atomic E-state index is 13.1. The Hall–Kier alpha value is -1.84. The van der Waals surface area contributed by atoms with E-state index >= 15 is 0 Å². The molecule has 3 rings (SSSR count). The highest BCUT2D eigenvalue weighted by molar-refractivity contribution is 7.89. The lowest BCUT2D eigenvalue weighted by atomic mass is 9.79. The van der Waals surface area contributed by atoms with Gasteiger partial charge in [0.2, 0.25) is 15.9 Å². The number of amides is 1. The highest BCUT2D eigenvalue weighted by atomic mass is 32.2. The van der Waals surface area contributed by atoms with E-state index in [4.69, 9.17) is 9.47 Å². The predicted molar refractivity (Wildman–Crippen MR) is 123 cm³/mol. The van der Waals surface area contributed by atoms with Crippen molar-refractivity contribution in [3.05, 3.63) is 18.2 Å². The van der Waals surface area contributed by atoms with Gasteiger partial charge in [0, 0.05) is 42.2 Å². The van der Waals surface area contributed by atoms with Crippen LogP contribution in [0.15, 0.2) is 23.1 Å². The predicted octanol–water partition coefficient (Wildman–Crippen LogP) is 2.53. The molecule has 180 valence electrons. The standard InChI is InChI=1S/C23H37N3O5S/c1-22(2)14-17(15-23(3,4)25-22)24-21(27)16-9-11-26(12-10-16)32(28,29)18-7-8-19(30-5)20(13-18)31-6/h7-8,13,16-17,25H,9-12,14-15H2,1-6H3,(H,24,27). The second-order valence-electron chi connectivity index (χ2n) is 10.2. The van der Waals surface area contributed by atoms with E-state index in [9.17, 15) is 13.2 Å². The number of hydrogen-bond donors (Lipinski definition) is 2. The average molecular weight is 468 g/mol. The summed E-state index contributed by atoms with van der Waals surface area (Å²) in [6.07, 6.45) is 2.76. The summed E-state index contributed by atoms with van der Waals surface area (Å²) in [4.78, 5) is 13.1. The number of methoxy groups -OCH3 is 2. The first kappa shape index (κ1) is 24.8. The summed E-state index contributed by atoms with van der Waals surface area (Å²) in [6.45, 7) is 9.26. The van der Waals surface area contributed by atoms with Gasteiger partial charge in [0.25, 0.3) is 0 Å². The zero-order chi connectivity index (χ0) is 23.7. The van der Waals surface area contributed by atoms with Gasteiger partial charge in [-0.15, -0.1) is 0 Å². The minimum Gasteiger partial charge on any atom is -0.493 e. The third kappa shape index (κ3) is 5.55. The molecule has 2 aliphatic rings. The van der Waals surface area contributed by atoms with Crippen LogP contribution < -0.4 is 20.1 Å². The summed E-state index contributed by atoms with van der Waals surface area (Å²) < 4.78 is 38.1. The first-order chi connectivity index (χ1) is 14.9. The molecule has 0 saturated carbocycles. The summed E-state index contributed by atoms with van der Waals surface area (Å²) >= 11 is 0. The number of carbonyl (C=O) groups is 1. The maximum atomic E-state index is 13.1. The number of nitrogens with one attached hydrogen (secondary N) is 2. The topological polar surface area (TPSA) is 97.0 Å². The monoisotopic (exact) mass is 467 g/mol. The molecule has 0 radical (unpaired) electrons. The third-order valence-electron chi connectivity index (χ3n) is 6.35. The minimum atomic E-state index is -3.67. The van der Waals surface area contributed by atoms with E-state index < -0.39 is 10.0 Å². The molecule has 0 atom stereocenters. The van der Waals surface area contributed by atoms with Crippen molar-refractivity contribution in [2.75, 3.05) is 27.3 Å². The van der Waals surface area contributed by atoms with Crippen molar-refractivity contribution in [3.8, 4) is 11.5 Å². The molecule has 0 bridgehead atoms. The molecular formula is C23H37N3O5S. The highest BCUT2D eigenvalue weighted by Gasteiger charge is 2.39. The Bertz CT molecular complexity index is 921. The van der Waals surface area contributed by atoms with Crippen molar-refractivity contribution in [1.29, 1.82) is 0 Å². The smallest absolute Gasteiger partial charge is 0.243 e. The van der Waals surface area contributed by atoms with E-state index in [-0.39, 0.29) is 33.8 Å². The third-order valence-corrected chi connectivity index (χ3v) is 8.25. The van der Waals surface area contributed by atoms with Crippen molar-refractivity contribution in [2.24, 2.45) is 5.92 Å². The second kappa shape index (κ2) is 9.19. The number of nitrogens with zero attached hydrogens (tertiary/aromatic N) is 1. The van der Waals surface area contributed by atoms with Gasteiger partial charge in [-0.2, -0.15) is 4.31 Å². The van der Waals surface area contributed by atoms with E-state index in [1.165, 1.54) is 30.7 Å². The fraction of sp³-hybridized carbons (Fsp3) is 0.696. The van der Waals surface area contributed by atoms with Gasteiger partial charge in [-0.05, 0) is 65.5 Å². The second-order valence-corrected chi connectivity index (χ2v) is 12.1. The van der Waals surface area contributed by atoms with Crippen LogP contribution in [0, 0.1) is 5.92 Å². The molecule has 2 N–H and O–H groups in total. The van der Waals surface area contributed by atoms with Gasteiger partial charge in [-0.3, -0.25) is 4.79 Å². The number of hydrogen-bond acceptors (Lipinski definition) is 6. The van der Waals surface area contributed by atoms with Crippen LogP contribution in [0.3, 0.4) is 0 Å². The zero-order valence-corrected chi connectivity index (χ0v) is 20.8. The Kier molecular flexibility index (Phi) is 7.12. The van der Waals surface area contributed by atoms with Crippen molar-refractivity contribution in [2.45, 2.75) is 75.4 Å². The van der Waals surface area contributed by atoms with Crippen LogP contribution in [-0.4, -0.2) is 63.1 Å². The molecule has 0 aromatic heterocycles. The van der Waals surface area contributed by atoms with Crippen LogP contribution in [0.2, 0.25) is 0 Å². The molecule has 8 nitrogen and oxygen atoms in total. The lowest BCUT2D eigenvalue weighted by Crippen LogP contribution is -2.62. The molecule has 0 unspecified atom stereocenters. The lowest BCUT2D eigenvalue weighted by Gasteiger charge is -2.47. The number of sulfonamides is 1. The van der Waals surface area contributed by atoms with E-state index in [0.29, 0.717) is 37.4 Å². The fourth-order valence-electron chi connectivity index (χ4n) is 5.23. The van der Waals surface area contributed by atoms with E-state index in [2.05, 4.69) is 38.3 Å². The summed E-state index contributed by atoms with van der Waals surface area (Å²) in [5.74, 6) is 0.710. The van der Waals surface area contributed by atoms with Gasteiger partial charge in [0.05, 0.1) is 19.1 Å². The fourth-order valence-corrected chi connectivity index (χ4v) is 6.71. The normalized spacial score (nSPS) is 22.3. The van der Waals surface area contributed by atoms with E-state index in [1.807, 2.05) is 0 Å². The van der Waals surface area contributed by atoms with Gasteiger partial charge < -0.3 is 20.1 Å². The molecular weight excluding hydrogens is 430 g/mol. The SMILES string of the molecule is COc1ccc(S(=O)(=O)N2CCC(C(=O)NC3CC(C)(C)NC(C)(C)C3)CC2)cc1OC. The van der Waals surface area contributed by atoms with Crippen LogP contribution in [0.4, 0.5) is 0 Å².